The zero-order valence-corrected chi connectivity index (χ0v) is 14.3. The lowest BCUT2D eigenvalue weighted by Crippen LogP contribution is -2.42. The predicted molar refractivity (Wildman–Crippen MR) is 88.7 cm³/mol. The smallest absolute Gasteiger partial charge is 0.326 e. The SMILES string of the molecule is COCCC(NC(=O)CSCc1ccc(Cl)cc1Cl)C(=O)O. The number of carboxylic acid groups (broad SMARTS) is 1. The summed E-state index contributed by atoms with van der Waals surface area (Å²) in [6, 6.07) is 4.24. The summed E-state index contributed by atoms with van der Waals surface area (Å²) in [4.78, 5) is 22.8. The van der Waals surface area contributed by atoms with Gasteiger partial charge in [-0.1, -0.05) is 29.3 Å². The van der Waals surface area contributed by atoms with Crippen molar-refractivity contribution >= 4 is 46.8 Å². The number of methoxy groups -OCH3 is 1. The summed E-state index contributed by atoms with van der Waals surface area (Å²) in [5, 5.41) is 12.6. The number of rotatable bonds is 9. The number of thioether (sulfide) groups is 1. The van der Waals surface area contributed by atoms with Gasteiger partial charge in [-0.15, -0.1) is 11.8 Å². The second-order valence-electron chi connectivity index (χ2n) is 4.47. The normalized spacial score (nSPS) is 12.0. The summed E-state index contributed by atoms with van der Waals surface area (Å²) in [7, 11) is 1.48. The number of hydrogen-bond acceptors (Lipinski definition) is 4. The third-order valence-electron chi connectivity index (χ3n) is 2.75. The maximum atomic E-state index is 11.8. The van der Waals surface area contributed by atoms with E-state index < -0.39 is 12.0 Å². The molecule has 1 unspecified atom stereocenters. The highest BCUT2D eigenvalue weighted by Gasteiger charge is 2.19. The highest BCUT2D eigenvalue weighted by molar-refractivity contribution is 7.99. The molecule has 8 heteroatoms. The van der Waals surface area contributed by atoms with E-state index in [1.54, 1.807) is 18.2 Å². The van der Waals surface area contributed by atoms with Crippen LogP contribution in [0.5, 0.6) is 0 Å². The van der Waals surface area contributed by atoms with E-state index in [9.17, 15) is 9.59 Å². The molecule has 0 aliphatic rings. The van der Waals surface area contributed by atoms with Crippen molar-refractivity contribution in [2.75, 3.05) is 19.5 Å². The van der Waals surface area contributed by atoms with Gasteiger partial charge in [0, 0.05) is 35.9 Å². The first-order valence-corrected chi connectivity index (χ1v) is 8.38. The maximum Gasteiger partial charge on any atom is 0.326 e. The van der Waals surface area contributed by atoms with Gasteiger partial charge in [-0.3, -0.25) is 4.79 Å². The van der Waals surface area contributed by atoms with Crippen molar-refractivity contribution in [3.63, 3.8) is 0 Å². The Labute approximate surface area is 143 Å². The Balaban J connectivity index is 2.40. The van der Waals surface area contributed by atoms with Crippen molar-refractivity contribution in [3.8, 4) is 0 Å². The maximum absolute atomic E-state index is 11.8. The van der Waals surface area contributed by atoms with Crippen LogP contribution in [0.25, 0.3) is 0 Å². The fourth-order valence-corrected chi connectivity index (χ4v) is 3.02. The number of carbonyl (C=O) groups excluding carboxylic acids is 1. The molecule has 5 nitrogen and oxygen atoms in total. The number of aliphatic carboxylic acids is 1. The first-order valence-electron chi connectivity index (χ1n) is 6.46. The second kappa shape index (κ2) is 9.94. The Hall–Kier alpha value is -0.950. The van der Waals surface area contributed by atoms with Crippen LogP contribution in [0.3, 0.4) is 0 Å². The molecule has 0 saturated carbocycles. The zero-order valence-electron chi connectivity index (χ0n) is 12.0. The molecule has 2 N–H and O–H groups in total. The molecule has 0 heterocycles. The van der Waals surface area contributed by atoms with Crippen LogP contribution in [0, 0.1) is 0 Å². The molecule has 1 aromatic rings. The first kappa shape index (κ1) is 19.1. The van der Waals surface area contributed by atoms with Gasteiger partial charge in [0.2, 0.25) is 5.91 Å². The van der Waals surface area contributed by atoms with Crippen LogP contribution in [0.2, 0.25) is 10.0 Å². The lowest BCUT2D eigenvalue weighted by Gasteiger charge is -2.14. The third-order valence-corrected chi connectivity index (χ3v) is 4.32. The van der Waals surface area contributed by atoms with Gasteiger partial charge < -0.3 is 15.2 Å². The number of amides is 1. The van der Waals surface area contributed by atoms with Gasteiger partial charge >= 0.3 is 5.97 Å². The van der Waals surface area contributed by atoms with Gasteiger partial charge in [-0.2, -0.15) is 0 Å². The highest BCUT2D eigenvalue weighted by Crippen LogP contribution is 2.24. The summed E-state index contributed by atoms with van der Waals surface area (Å²) < 4.78 is 4.82. The molecular formula is C14H17Cl2NO4S. The Morgan fingerprint density at radius 2 is 2.14 bits per heavy atom. The highest BCUT2D eigenvalue weighted by atomic mass is 35.5. The molecule has 0 radical (unpaired) electrons. The van der Waals surface area contributed by atoms with E-state index >= 15 is 0 Å². The van der Waals surface area contributed by atoms with Gasteiger partial charge in [-0.05, 0) is 17.7 Å². The molecule has 1 aromatic carbocycles. The molecule has 0 saturated heterocycles. The number of ether oxygens (including phenoxy) is 1. The fourth-order valence-electron chi connectivity index (χ4n) is 1.62. The average Bonchev–Trinajstić information content (AvgIpc) is 2.45. The van der Waals surface area contributed by atoms with Crippen LogP contribution in [0.15, 0.2) is 18.2 Å². The molecule has 0 aliphatic heterocycles. The van der Waals surface area contributed by atoms with Crippen LogP contribution >= 0.6 is 35.0 Å². The Morgan fingerprint density at radius 3 is 2.73 bits per heavy atom. The summed E-state index contributed by atoms with van der Waals surface area (Å²) in [5.41, 5.74) is 0.873. The van der Waals surface area contributed by atoms with Gasteiger partial charge in [0.15, 0.2) is 0 Å². The monoisotopic (exact) mass is 365 g/mol. The van der Waals surface area contributed by atoms with Crippen molar-refractivity contribution in [1.82, 2.24) is 5.32 Å². The van der Waals surface area contributed by atoms with Crippen molar-refractivity contribution in [2.24, 2.45) is 0 Å². The molecule has 122 valence electrons. The van der Waals surface area contributed by atoms with E-state index in [2.05, 4.69) is 5.32 Å². The van der Waals surface area contributed by atoms with E-state index in [0.29, 0.717) is 15.8 Å². The van der Waals surface area contributed by atoms with E-state index in [0.717, 1.165) is 5.56 Å². The fraction of sp³-hybridized carbons (Fsp3) is 0.429. The third kappa shape index (κ3) is 6.87. The summed E-state index contributed by atoms with van der Waals surface area (Å²) >= 11 is 13.2. The molecule has 0 aliphatic carbocycles. The molecule has 1 rings (SSSR count). The minimum absolute atomic E-state index is 0.149. The number of carbonyl (C=O) groups is 2. The zero-order chi connectivity index (χ0) is 16.5. The van der Waals surface area contributed by atoms with E-state index in [4.69, 9.17) is 33.0 Å². The van der Waals surface area contributed by atoms with Gasteiger partial charge in [0.1, 0.15) is 6.04 Å². The Bertz CT molecular complexity index is 528. The van der Waals surface area contributed by atoms with Gasteiger partial charge in [-0.25, -0.2) is 4.79 Å². The Morgan fingerprint density at radius 1 is 1.41 bits per heavy atom. The first-order chi connectivity index (χ1) is 10.4. The van der Waals surface area contributed by atoms with Crippen molar-refractivity contribution < 1.29 is 19.4 Å². The molecule has 0 fully saturated rings. The van der Waals surface area contributed by atoms with E-state index in [1.807, 2.05) is 0 Å². The number of halogens is 2. The largest absolute Gasteiger partial charge is 0.480 e. The topological polar surface area (TPSA) is 75.6 Å². The van der Waals surface area contributed by atoms with Crippen molar-refractivity contribution in [1.29, 1.82) is 0 Å². The van der Waals surface area contributed by atoms with Crippen molar-refractivity contribution in [2.45, 2.75) is 18.2 Å². The molecule has 22 heavy (non-hydrogen) atoms. The average molecular weight is 366 g/mol. The lowest BCUT2D eigenvalue weighted by atomic mass is 10.2. The quantitative estimate of drug-likeness (QED) is 0.703. The van der Waals surface area contributed by atoms with E-state index in [1.165, 1.54) is 18.9 Å². The minimum atomic E-state index is -1.07. The summed E-state index contributed by atoms with van der Waals surface area (Å²) in [5.74, 6) is -0.718. The van der Waals surface area contributed by atoms with Crippen LogP contribution in [-0.2, 0) is 20.1 Å². The Kier molecular flexibility index (Phi) is 8.63. The number of benzene rings is 1. The molecule has 0 aromatic heterocycles. The van der Waals surface area contributed by atoms with E-state index in [-0.39, 0.29) is 24.7 Å². The van der Waals surface area contributed by atoms with Crippen LogP contribution in [0.4, 0.5) is 0 Å². The number of hydrogen-bond donors (Lipinski definition) is 2. The van der Waals surface area contributed by atoms with Crippen LogP contribution in [0.1, 0.15) is 12.0 Å². The molecule has 1 atom stereocenters. The van der Waals surface area contributed by atoms with Gasteiger partial charge in [0.05, 0.1) is 5.75 Å². The molecule has 0 spiro atoms. The number of carboxylic acids is 1. The summed E-state index contributed by atoms with van der Waals surface area (Å²) in [6.07, 6.45) is 0.227. The predicted octanol–water partition coefficient (Wildman–Crippen LogP) is 2.83. The second-order valence-corrected chi connectivity index (χ2v) is 6.30. The molecular weight excluding hydrogens is 349 g/mol. The van der Waals surface area contributed by atoms with Crippen molar-refractivity contribution in [3.05, 3.63) is 33.8 Å². The molecule has 0 bridgehead atoms. The lowest BCUT2D eigenvalue weighted by molar-refractivity contribution is -0.142. The standard InChI is InChI=1S/C14H17Cl2NO4S/c1-21-5-4-12(14(19)20)17-13(18)8-22-7-9-2-3-10(15)6-11(9)16/h2-3,6,12H,4-5,7-8H2,1H3,(H,17,18)(H,19,20). The van der Waals surface area contributed by atoms with Crippen LogP contribution in [-0.4, -0.2) is 42.5 Å². The summed E-state index contributed by atoms with van der Waals surface area (Å²) in [6.45, 7) is 0.269. The van der Waals surface area contributed by atoms with Crippen LogP contribution < -0.4 is 5.32 Å². The molecule has 1 amide bonds. The van der Waals surface area contributed by atoms with Gasteiger partial charge in [0.25, 0.3) is 0 Å². The minimum Gasteiger partial charge on any atom is -0.480 e. The number of nitrogens with one attached hydrogen (secondary N) is 1.